The summed E-state index contributed by atoms with van der Waals surface area (Å²) >= 11 is 5.46. The molecule has 0 fully saturated rings. The number of likely N-dealkylation sites (N-methyl/N-ethyl adjacent to an activating group) is 1. The zero-order valence-electron chi connectivity index (χ0n) is 10.0. The van der Waals surface area contributed by atoms with E-state index in [1.54, 1.807) is 0 Å². The summed E-state index contributed by atoms with van der Waals surface area (Å²) in [5, 5.41) is 5.53. The van der Waals surface area contributed by atoms with E-state index in [4.69, 9.17) is 0 Å². The lowest BCUT2D eigenvalue weighted by molar-refractivity contribution is 0.594. The van der Waals surface area contributed by atoms with Crippen molar-refractivity contribution in [1.82, 2.24) is 5.32 Å². The van der Waals surface area contributed by atoms with Crippen molar-refractivity contribution in [3.05, 3.63) is 56.2 Å². The molecule has 1 atom stereocenters. The first-order valence-electron chi connectivity index (χ1n) is 5.66. The Kier molecular flexibility index (Phi) is 4.37. The van der Waals surface area contributed by atoms with E-state index in [0.29, 0.717) is 6.04 Å². The zero-order chi connectivity index (χ0) is 12.3. The Morgan fingerprint density at radius 1 is 1.35 bits per heavy atom. The number of halogens is 1. The van der Waals surface area contributed by atoms with Crippen molar-refractivity contribution in [2.24, 2.45) is 0 Å². The minimum Gasteiger partial charge on any atom is -0.313 e. The molecule has 2 rings (SSSR count). The fourth-order valence-corrected chi connectivity index (χ4v) is 3.20. The lowest BCUT2D eigenvalue weighted by Crippen LogP contribution is -2.19. The molecular formula is C14H16BrNS. The fraction of sp³-hybridized carbons (Fsp3) is 0.286. The molecule has 0 aliphatic rings. The van der Waals surface area contributed by atoms with Crippen LogP contribution < -0.4 is 5.32 Å². The molecule has 0 aliphatic carbocycles. The van der Waals surface area contributed by atoms with Gasteiger partial charge in [-0.2, -0.15) is 0 Å². The molecule has 90 valence electrons. The molecule has 0 saturated heterocycles. The monoisotopic (exact) mass is 309 g/mol. The van der Waals surface area contributed by atoms with Gasteiger partial charge in [-0.25, -0.2) is 0 Å². The summed E-state index contributed by atoms with van der Waals surface area (Å²) in [5.74, 6) is 0. The van der Waals surface area contributed by atoms with Gasteiger partial charge >= 0.3 is 0 Å². The molecule has 0 spiro atoms. The highest BCUT2D eigenvalue weighted by Crippen LogP contribution is 2.28. The van der Waals surface area contributed by atoms with E-state index >= 15 is 0 Å². The molecule has 0 radical (unpaired) electrons. The van der Waals surface area contributed by atoms with Crippen LogP contribution in [0.15, 0.2) is 40.2 Å². The summed E-state index contributed by atoms with van der Waals surface area (Å²) in [6, 6.07) is 11.2. The minimum atomic E-state index is 0.364. The molecule has 1 aromatic carbocycles. The van der Waals surface area contributed by atoms with Crippen LogP contribution in [0.1, 0.15) is 22.0 Å². The van der Waals surface area contributed by atoms with Gasteiger partial charge in [0.2, 0.25) is 0 Å². The number of hydrogen-bond acceptors (Lipinski definition) is 2. The fourth-order valence-electron chi connectivity index (χ4n) is 1.93. The predicted octanol–water partition coefficient (Wildman–Crippen LogP) is 4.32. The largest absolute Gasteiger partial charge is 0.313 e. The average molecular weight is 310 g/mol. The third-order valence-corrected chi connectivity index (χ3v) is 4.48. The first kappa shape index (κ1) is 12.8. The SMILES string of the molecule is CNC(Cc1cccs1)c1cc(C)ccc1Br. The van der Waals surface area contributed by atoms with E-state index in [-0.39, 0.29) is 0 Å². The molecule has 1 aromatic heterocycles. The van der Waals surface area contributed by atoms with Gasteiger partial charge in [-0.05, 0) is 37.0 Å². The van der Waals surface area contributed by atoms with Crippen molar-refractivity contribution < 1.29 is 0 Å². The second-order valence-corrected chi connectivity index (χ2v) is 6.04. The molecule has 3 heteroatoms. The molecule has 17 heavy (non-hydrogen) atoms. The molecule has 1 heterocycles. The molecule has 0 bridgehead atoms. The van der Waals surface area contributed by atoms with Crippen LogP contribution in [0.3, 0.4) is 0 Å². The number of hydrogen-bond donors (Lipinski definition) is 1. The van der Waals surface area contributed by atoms with Crippen LogP contribution in [-0.2, 0) is 6.42 Å². The zero-order valence-corrected chi connectivity index (χ0v) is 12.4. The van der Waals surface area contributed by atoms with Crippen molar-refractivity contribution in [3.63, 3.8) is 0 Å². The van der Waals surface area contributed by atoms with E-state index < -0.39 is 0 Å². The maximum atomic E-state index is 3.64. The molecule has 1 N–H and O–H groups in total. The van der Waals surface area contributed by atoms with Crippen molar-refractivity contribution in [3.8, 4) is 0 Å². The molecule has 0 amide bonds. The Bertz CT molecular complexity index is 479. The molecule has 0 aliphatic heterocycles. The second kappa shape index (κ2) is 5.80. The van der Waals surface area contributed by atoms with Crippen LogP contribution in [0.5, 0.6) is 0 Å². The lowest BCUT2D eigenvalue weighted by atomic mass is 10.0. The molecule has 1 unspecified atom stereocenters. The maximum Gasteiger partial charge on any atom is 0.0377 e. The first-order valence-corrected chi connectivity index (χ1v) is 7.33. The van der Waals surface area contributed by atoms with E-state index in [9.17, 15) is 0 Å². The van der Waals surface area contributed by atoms with Crippen LogP contribution >= 0.6 is 27.3 Å². The van der Waals surface area contributed by atoms with Gasteiger partial charge in [0.05, 0.1) is 0 Å². The van der Waals surface area contributed by atoms with Crippen LogP contribution in [0, 0.1) is 6.92 Å². The predicted molar refractivity (Wildman–Crippen MR) is 78.7 cm³/mol. The normalized spacial score (nSPS) is 12.6. The van der Waals surface area contributed by atoms with Gasteiger partial charge in [-0.15, -0.1) is 11.3 Å². The average Bonchev–Trinajstić information content (AvgIpc) is 2.82. The van der Waals surface area contributed by atoms with Crippen LogP contribution in [0.4, 0.5) is 0 Å². The number of nitrogens with one attached hydrogen (secondary N) is 1. The first-order chi connectivity index (χ1) is 8.20. The smallest absolute Gasteiger partial charge is 0.0377 e. The molecule has 2 aromatic rings. The van der Waals surface area contributed by atoms with Gasteiger partial charge in [-0.3, -0.25) is 0 Å². The number of thiophene rings is 1. The second-order valence-electron chi connectivity index (χ2n) is 4.15. The summed E-state index contributed by atoms with van der Waals surface area (Å²) in [5.41, 5.74) is 2.63. The van der Waals surface area contributed by atoms with E-state index in [1.165, 1.54) is 20.5 Å². The Labute approximate surface area is 115 Å². The highest BCUT2D eigenvalue weighted by Gasteiger charge is 2.13. The van der Waals surface area contributed by atoms with Gasteiger partial charge in [0.1, 0.15) is 0 Å². The molecule has 0 saturated carbocycles. The van der Waals surface area contributed by atoms with Crippen molar-refractivity contribution in [2.75, 3.05) is 7.05 Å². The number of benzene rings is 1. The Morgan fingerprint density at radius 3 is 2.82 bits per heavy atom. The summed E-state index contributed by atoms with van der Waals surface area (Å²) < 4.78 is 1.18. The summed E-state index contributed by atoms with van der Waals surface area (Å²) in [6.07, 6.45) is 1.04. The maximum absolute atomic E-state index is 3.64. The third kappa shape index (κ3) is 3.18. The van der Waals surface area contributed by atoms with Crippen LogP contribution in [-0.4, -0.2) is 7.05 Å². The quantitative estimate of drug-likeness (QED) is 0.886. The Hall–Kier alpha value is -0.640. The van der Waals surface area contributed by atoms with E-state index in [2.05, 4.69) is 63.9 Å². The van der Waals surface area contributed by atoms with Gasteiger partial charge in [0.15, 0.2) is 0 Å². The standard InChI is InChI=1S/C14H16BrNS/c1-10-5-6-13(15)12(8-10)14(16-2)9-11-4-3-7-17-11/h3-8,14,16H,9H2,1-2H3. The van der Waals surface area contributed by atoms with Crippen molar-refractivity contribution in [2.45, 2.75) is 19.4 Å². The minimum absolute atomic E-state index is 0.364. The van der Waals surface area contributed by atoms with Gasteiger partial charge < -0.3 is 5.32 Å². The summed E-state index contributed by atoms with van der Waals surface area (Å²) in [4.78, 5) is 1.41. The van der Waals surface area contributed by atoms with Crippen LogP contribution in [0.2, 0.25) is 0 Å². The molecule has 1 nitrogen and oxygen atoms in total. The van der Waals surface area contributed by atoms with Crippen molar-refractivity contribution >= 4 is 27.3 Å². The van der Waals surface area contributed by atoms with E-state index in [0.717, 1.165) is 6.42 Å². The topological polar surface area (TPSA) is 12.0 Å². The van der Waals surface area contributed by atoms with Gasteiger partial charge in [0.25, 0.3) is 0 Å². The Morgan fingerprint density at radius 2 is 2.18 bits per heavy atom. The highest BCUT2D eigenvalue weighted by molar-refractivity contribution is 9.10. The number of rotatable bonds is 4. The molecular weight excluding hydrogens is 294 g/mol. The summed E-state index contributed by atoms with van der Waals surface area (Å²) in [6.45, 7) is 2.13. The lowest BCUT2D eigenvalue weighted by Gasteiger charge is -2.18. The van der Waals surface area contributed by atoms with Crippen LogP contribution in [0.25, 0.3) is 0 Å². The van der Waals surface area contributed by atoms with Gasteiger partial charge in [-0.1, -0.05) is 39.7 Å². The van der Waals surface area contributed by atoms with Crippen molar-refractivity contribution in [1.29, 1.82) is 0 Å². The number of aryl methyl sites for hydroxylation is 1. The summed E-state index contributed by atoms with van der Waals surface area (Å²) in [7, 11) is 2.02. The third-order valence-electron chi connectivity index (χ3n) is 2.86. The highest BCUT2D eigenvalue weighted by atomic mass is 79.9. The van der Waals surface area contributed by atoms with Gasteiger partial charge in [0, 0.05) is 21.8 Å². The van der Waals surface area contributed by atoms with E-state index in [1.807, 2.05) is 18.4 Å². The Balaban J connectivity index is 2.25.